The minimum atomic E-state index is -4.48. The Morgan fingerprint density at radius 3 is 2.55 bits per heavy atom. The highest BCUT2D eigenvalue weighted by Gasteiger charge is 2.31. The van der Waals surface area contributed by atoms with Gasteiger partial charge in [0.15, 0.2) is 0 Å². The lowest BCUT2D eigenvalue weighted by atomic mass is 10.1. The lowest BCUT2D eigenvalue weighted by molar-refractivity contribution is -0.138. The lowest BCUT2D eigenvalue weighted by Gasteiger charge is -2.18. The first-order valence-electron chi connectivity index (χ1n) is 6.47. The van der Waals surface area contributed by atoms with Crippen LogP contribution < -0.4 is 5.73 Å². The zero-order valence-corrected chi connectivity index (χ0v) is 12.5. The van der Waals surface area contributed by atoms with E-state index >= 15 is 0 Å². The summed E-state index contributed by atoms with van der Waals surface area (Å²) in [5.41, 5.74) is 4.95. The van der Waals surface area contributed by atoms with Gasteiger partial charge in [-0.2, -0.15) is 13.2 Å². The number of aryl methyl sites for hydroxylation is 1. The third-order valence-corrected chi connectivity index (χ3v) is 5.31. The van der Waals surface area contributed by atoms with Crippen molar-refractivity contribution in [3.63, 3.8) is 0 Å². The molecule has 5 nitrogen and oxygen atoms in total. The first-order chi connectivity index (χ1) is 10.0. The van der Waals surface area contributed by atoms with E-state index in [-0.39, 0.29) is 31.0 Å². The molecule has 0 radical (unpaired) electrons. The monoisotopic (exact) mass is 339 g/mol. The van der Waals surface area contributed by atoms with Gasteiger partial charge in [0.1, 0.15) is 0 Å². The Hall–Kier alpha value is -1.37. The third kappa shape index (κ3) is 5.79. The summed E-state index contributed by atoms with van der Waals surface area (Å²) in [6.07, 6.45) is -5.31. The van der Waals surface area contributed by atoms with Crippen molar-refractivity contribution in [2.45, 2.75) is 31.2 Å². The molecule has 0 saturated heterocycles. The van der Waals surface area contributed by atoms with Crippen LogP contribution in [0.4, 0.5) is 13.2 Å². The van der Waals surface area contributed by atoms with E-state index in [1.807, 2.05) is 0 Å². The number of alkyl halides is 3. The summed E-state index contributed by atoms with van der Waals surface area (Å²) in [6, 6.07) is 4.49. The van der Waals surface area contributed by atoms with Gasteiger partial charge in [-0.3, -0.25) is 9.36 Å². The zero-order chi connectivity index (χ0) is 17.0. The highest BCUT2D eigenvalue weighted by atomic mass is 31.2. The highest BCUT2D eigenvalue weighted by Crippen LogP contribution is 2.46. The van der Waals surface area contributed by atoms with Gasteiger partial charge in [0, 0.05) is 12.6 Å². The molecule has 0 spiro atoms. The maximum atomic E-state index is 12.6. The number of rotatable bonds is 7. The zero-order valence-electron chi connectivity index (χ0n) is 11.6. The molecule has 2 atom stereocenters. The normalized spacial score (nSPS) is 16.0. The number of carboxylic acids is 1. The van der Waals surface area contributed by atoms with Crippen LogP contribution in [-0.4, -0.2) is 27.9 Å². The first kappa shape index (κ1) is 18.7. The van der Waals surface area contributed by atoms with Gasteiger partial charge in [0.25, 0.3) is 0 Å². The fourth-order valence-corrected chi connectivity index (χ4v) is 3.27. The van der Waals surface area contributed by atoms with Crippen molar-refractivity contribution >= 4 is 13.3 Å². The Balaban J connectivity index is 2.68. The molecule has 22 heavy (non-hydrogen) atoms. The molecule has 0 heterocycles. The van der Waals surface area contributed by atoms with Crippen LogP contribution in [-0.2, 0) is 22.0 Å². The van der Waals surface area contributed by atoms with Crippen molar-refractivity contribution in [3.8, 4) is 0 Å². The molecule has 9 heteroatoms. The van der Waals surface area contributed by atoms with Crippen LogP contribution in [0.1, 0.15) is 24.0 Å². The highest BCUT2D eigenvalue weighted by molar-refractivity contribution is 7.58. The van der Waals surface area contributed by atoms with E-state index in [1.165, 1.54) is 12.1 Å². The molecule has 0 aliphatic rings. The van der Waals surface area contributed by atoms with Crippen molar-refractivity contribution in [3.05, 3.63) is 35.4 Å². The number of carbonyl (C=O) groups is 1. The van der Waals surface area contributed by atoms with Crippen molar-refractivity contribution in [1.29, 1.82) is 0 Å². The molecule has 0 fully saturated rings. The maximum absolute atomic E-state index is 12.6. The number of benzene rings is 1. The van der Waals surface area contributed by atoms with Gasteiger partial charge in [0.2, 0.25) is 7.37 Å². The van der Waals surface area contributed by atoms with Gasteiger partial charge >= 0.3 is 12.1 Å². The second-order valence-electron chi connectivity index (χ2n) is 4.93. The van der Waals surface area contributed by atoms with E-state index in [0.717, 1.165) is 12.1 Å². The number of nitrogens with two attached hydrogens (primary N) is 1. The quantitative estimate of drug-likeness (QED) is 0.663. The minimum Gasteiger partial charge on any atom is -0.481 e. The van der Waals surface area contributed by atoms with Crippen molar-refractivity contribution in [2.75, 3.05) is 6.16 Å². The van der Waals surface area contributed by atoms with E-state index in [9.17, 15) is 27.4 Å². The molecule has 0 aliphatic carbocycles. The molecule has 0 aliphatic heterocycles. The summed E-state index contributed by atoms with van der Waals surface area (Å²) in [4.78, 5) is 20.2. The molecule has 1 aromatic rings. The van der Waals surface area contributed by atoms with Crippen LogP contribution in [0.25, 0.3) is 0 Å². The molecule has 0 amide bonds. The molecule has 0 aromatic heterocycles. The van der Waals surface area contributed by atoms with Crippen molar-refractivity contribution in [1.82, 2.24) is 0 Å². The van der Waals surface area contributed by atoms with E-state index in [4.69, 9.17) is 10.8 Å². The Bertz CT molecular complexity index is 577. The van der Waals surface area contributed by atoms with Crippen LogP contribution in [0, 0.1) is 0 Å². The van der Waals surface area contributed by atoms with Gasteiger partial charge in [-0.05, 0) is 24.5 Å². The Labute approximate surface area is 125 Å². The predicted molar refractivity (Wildman–Crippen MR) is 74.7 cm³/mol. The summed E-state index contributed by atoms with van der Waals surface area (Å²) in [7, 11) is -3.83. The van der Waals surface area contributed by atoms with Crippen LogP contribution >= 0.6 is 7.37 Å². The molecule has 4 N–H and O–H groups in total. The molecule has 1 rings (SSSR count). The van der Waals surface area contributed by atoms with Gasteiger partial charge in [-0.25, -0.2) is 0 Å². The molecule has 0 saturated carbocycles. The van der Waals surface area contributed by atoms with Crippen LogP contribution in [0.2, 0.25) is 0 Å². The summed E-state index contributed by atoms with van der Waals surface area (Å²) in [6.45, 7) is 0. The second kappa shape index (κ2) is 7.26. The van der Waals surface area contributed by atoms with E-state index in [0.29, 0.717) is 0 Å². The summed E-state index contributed by atoms with van der Waals surface area (Å²) >= 11 is 0. The smallest absolute Gasteiger partial charge is 0.416 e. The fraction of sp³-hybridized carbons (Fsp3) is 0.462. The fourth-order valence-electron chi connectivity index (χ4n) is 1.83. The number of hydrogen-bond acceptors (Lipinski definition) is 3. The van der Waals surface area contributed by atoms with Crippen LogP contribution in [0.5, 0.6) is 0 Å². The molecule has 2 unspecified atom stereocenters. The lowest BCUT2D eigenvalue weighted by Crippen LogP contribution is -2.23. The summed E-state index contributed by atoms with van der Waals surface area (Å²) in [5.74, 6) is -2.33. The average molecular weight is 339 g/mol. The minimum absolute atomic E-state index is 0.0432. The molecular weight excluding hydrogens is 322 g/mol. The van der Waals surface area contributed by atoms with Gasteiger partial charge in [0.05, 0.1) is 11.3 Å². The molecular formula is C13H17F3NO4P. The third-order valence-electron chi connectivity index (χ3n) is 3.15. The van der Waals surface area contributed by atoms with Crippen LogP contribution in [0.15, 0.2) is 24.3 Å². The van der Waals surface area contributed by atoms with Gasteiger partial charge < -0.3 is 15.7 Å². The topological polar surface area (TPSA) is 101 Å². The summed E-state index contributed by atoms with van der Waals surface area (Å²) in [5, 5.41) is 8.51. The summed E-state index contributed by atoms with van der Waals surface area (Å²) < 4.78 is 49.7. The SMILES string of the molecule is NC(CCC(=O)O)P(=O)(O)CCc1cccc(C(F)(F)F)c1. The molecule has 0 bridgehead atoms. The van der Waals surface area contributed by atoms with E-state index < -0.39 is 30.9 Å². The second-order valence-corrected chi connectivity index (χ2v) is 7.55. The predicted octanol–water partition coefficient (Wildman–Crippen LogP) is 2.67. The number of carboxylic acid groups (broad SMARTS) is 1. The average Bonchev–Trinajstić information content (AvgIpc) is 2.42. The van der Waals surface area contributed by atoms with Crippen molar-refractivity contribution < 1.29 is 32.5 Å². The number of aliphatic carboxylic acids is 1. The first-order valence-corrected chi connectivity index (χ1v) is 8.39. The Morgan fingerprint density at radius 2 is 2.00 bits per heavy atom. The molecule has 1 aromatic carbocycles. The Morgan fingerprint density at radius 1 is 1.36 bits per heavy atom. The van der Waals surface area contributed by atoms with Gasteiger partial charge in [-0.15, -0.1) is 0 Å². The van der Waals surface area contributed by atoms with Crippen molar-refractivity contribution in [2.24, 2.45) is 5.73 Å². The number of halogens is 3. The largest absolute Gasteiger partial charge is 0.481 e. The van der Waals surface area contributed by atoms with E-state index in [2.05, 4.69) is 0 Å². The standard InChI is InChI=1S/C13H17F3NO4P/c14-13(15,16)10-3-1-2-9(8-10)6-7-22(20,21)11(17)4-5-12(18)19/h1-3,8,11H,4-7,17H2,(H,18,19)(H,20,21). The molecule has 124 valence electrons. The van der Waals surface area contributed by atoms with Gasteiger partial charge in [-0.1, -0.05) is 18.2 Å². The van der Waals surface area contributed by atoms with E-state index in [1.54, 1.807) is 0 Å². The number of hydrogen-bond donors (Lipinski definition) is 3. The maximum Gasteiger partial charge on any atom is 0.416 e. The Kier molecular flexibility index (Phi) is 6.17. The van der Waals surface area contributed by atoms with Crippen LogP contribution in [0.3, 0.4) is 0 Å².